The van der Waals surface area contributed by atoms with Gasteiger partial charge >= 0.3 is 0 Å². The van der Waals surface area contributed by atoms with Gasteiger partial charge in [-0.05, 0) is 42.8 Å². The van der Waals surface area contributed by atoms with Gasteiger partial charge in [0.2, 0.25) is 0 Å². The standard InChI is InChI=1S/C15H14ClN3O2/c1-9-8-10(14(20)17-2)6-7-11(9)19-15(21)12-4-3-5-13(16)18-12/h3-8H,1-2H3,(H,17,20)(H,19,21). The summed E-state index contributed by atoms with van der Waals surface area (Å²) in [4.78, 5) is 27.6. The first kappa shape index (κ1) is 15.0. The summed E-state index contributed by atoms with van der Waals surface area (Å²) in [5.74, 6) is -0.527. The number of hydrogen-bond acceptors (Lipinski definition) is 3. The van der Waals surface area contributed by atoms with Crippen molar-refractivity contribution in [2.75, 3.05) is 12.4 Å². The maximum atomic E-state index is 12.1. The van der Waals surface area contributed by atoms with Gasteiger partial charge in [0.25, 0.3) is 11.8 Å². The second kappa shape index (κ2) is 6.37. The zero-order valence-electron chi connectivity index (χ0n) is 11.6. The molecule has 0 fully saturated rings. The molecule has 0 saturated heterocycles. The molecule has 108 valence electrons. The fourth-order valence-corrected chi connectivity index (χ4v) is 1.97. The Labute approximate surface area is 127 Å². The average Bonchev–Trinajstić information content (AvgIpc) is 2.48. The molecule has 2 rings (SSSR count). The lowest BCUT2D eigenvalue weighted by molar-refractivity contribution is 0.0962. The zero-order valence-corrected chi connectivity index (χ0v) is 12.4. The first-order chi connectivity index (χ1) is 10.0. The summed E-state index contributed by atoms with van der Waals surface area (Å²) in [6, 6.07) is 9.87. The highest BCUT2D eigenvalue weighted by Gasteiger charge is 2.11. The van der Waals surface area contributed by atoms with Gasteiger partial charge in [0.05, 0.1) is 0 Å². The van der Waals surface area contributed by atoms with Gasteiger partial charge in [-0.1, -0.05) is 17.7 Å². The highest BCUT2D eigenvalue weighted by molar-refractivity contribution is 6.29. The SMILES string of the molecule is CNC(=O)c1ccc(NC(=O)c2cccc(Cl)n2)c(C)c1. The van der Waals surface area contributed by atoms with Crippen LogP contribution in [0.2, 0.25) is 5.15 Å². The normalized spacial score (nSPS) is 10.0. The monoisotopic (exact) mass is 303 g/mol. The van der Waals surface area contributed by atoms with Gasteiger partial charge in [0.1, 0.15) is 10.8 Å². The van der Waals surface area contributed by atoms with Crippen LogP contribution in [0.3, 0.4) is 0 Å². The maximum Gasteiger partial charge on any atom is 0.274 e. The number of halogens is 1. The van der Waals surface area contributed by atoms with E-state index in [9.17, 15) is 9.59 Å². The van der Waals surface area contributed by atoms with E-state index in [2.05, 4.69) is 15.6 Å². The molecule has 0 aliphatic rings. The Kier molecular flexibility index (Phi) is 4.55. The van der Waals surface area contributed by atoms with Crippen LogP contribution in [-0.2, 0) is 0 Å². The number of benzene rings is 1. The Balaban J connectivity index is 2.20. The number of nitrogens with one attached hydrogen (secondary N) is 2. The summed E-state index contributed by atoms with van der Waals surface area (Å²) < 4.78 is 0. The molecule has 21 heavy (non-hydrogen) atoms. The van der Waals surface area contributed by atoms with E-state index in [0.29, 0.717) is 11.3 Å². The molecular formula is C15H14ClN3O2. The van der Waals surface area contributed by atoms with E-state index in [1.807, 2.05) is 6.92 Å². The number of carbonyl (C=O) groups excluding carboxylic acids is 2. The Morgan fingerprint density at radius 2 is 1.90 bits per heavy atom. The van der Waals surface area contributed by atoms with E-state index < -0.39 is 0 Å². The van der Waals surface area contributed by atoms with Gasteiger partial charge in [-0.15, -0.1) is 0 Å². The molecule has 0 unspecified atom stereocenters. The summed E-state index contributed by atoms with van der Waals surface area (Å²) in [5, 5.41) is 5.55. The van der Waals surface area contributed by atoms with Crippen molar-refractivity contribution < 1.29 is 9.59 Å². The third-order valence-electron chi connectivity index (χ3n) is 2.91. The van der Waals surface area contributed by atoms with Gasteiger partial charge < -0.3 is 10.6 Å². The summed E-state index contributed by atoms with van der Waals surface area (Å²) in [6.45, 7) is 1.81. The highest BCUT2D eigenvalue weighted by atomic mass is 35.5. The van der Waals surface area contributed by atoms with Crippen LogP contribution in [-0.4, -0.2) is 23.8 Å². The van der Waals surface area contributed by atoms with Gasteiger partial charge in [0, 0.05) is 18.3 Å². The van der Waals surface area contributed by atoms with Gasteiger partial charge in [-0.25, -0.2) is 4.98 Å². The lowest BCUT2D eigenvalue weighted by Crippen LogP contribution is -2.18. The van der Waals surface area contributed by atoms with Crippen molar-refractivity contribution in [1.29, 1.82) is 0 Å². The smallest absolute Gasteiger partial charge is 0.274 e. The number of carbonyl (C=O) groups is 2. The van der Waals surface area contributed by atoms with Crippen LogP contribution in [0.15, 0.2) is 36.4 Å². The molecule has 1 heterocycles. The third kappa shape index (κ3) is 3.58. The number of anilines is 1. The quantitative estimate of drug-likeness (QED) is 0.856. The topological polar surface area (TPSA) is 71.1 Å². The van der Waals surface area contributed by atoms with Crippen molar-refractivity contribution in [3.8, 4) is 0 Å². The Morgan fingerprint density at radius 1 is 1.14 bits per heavy atom. The van der Waals surface area contributed by atoms with Gasteiger partial charge in [-0.2, -0.15) is 0 Å². The molecule has 2 N–H and O–H groups in total. The van der Waals surface area contributed by atoms with E-state index in [-0.39, 0.29) is 22.7 Å². The molecule has 0 spiro atoms. The highest BCUT2D eigenvalue weighted by Crippen LogP contribution is 2.17. The number of hydrogen-bond donors (Lipinski definition) is 2. The fourth-order valence-electron chi connectivity index (χ4n) is 1.81. The molecule has 0 bridgehead atoms. The molecule has 2 aromatic rings. The van der Waals surface area contributed by atoms with Crippen molar-refractivity contribution >= 4 is 29.1 Å². The molecule has 2 amide bonds. The lowest BCUT2D eigenvalue weighted by Gasteiger charge is -2.09. The van der Waals surface area contributed by atoms with Crippen molar-refractivity contribution in [2.24, 2.45) is 0 Å². The minimum atomic E-state index is -0.353. The van der Waals surface area contributed by atoms with E-state index >= 15 is 0 Å². The second-order valence-corrected chi connectivity index (χ2v) is 4.80. The van der Waals surface area contributed by atoms with E-state index in [1.54, 1.807) is 43.4 Å². The number of aryl methyl sites for hydroxylation is 1. The molecule has 6 heteroatoms. The minimum absolute atomic E-state index is 0.174. The predicted octanol–water partition coefficient (Wildman–Crippen LogP) is 2.66. The Bertz CT molecular complexity index is 701. The van der Waals surface area contributed by atoms with Crippen LogP contribution in [0.25, 0.3) is 0 Å². The summed E-state index contributed by atoms with van der Waals surface area (Å²) >= 11 is 5.76. The van der Waals surface area contributed by atoms with Crippen LogP contribution in [0.1, 0.15) is 26.4 Å². The second-order valence-electron chi connectivity index (χ2n) is 4.41. The Hall–Kier alpha value is -2.40. The zero-order chi connectivity index (χ0) is 15.4. The van der Waals surface area contributed by atoms with Crippen LogP contribution >= 0.6 is 11.6 Å². The van der Waals surface area contributed by atoms with E-state index in [0.717, 1.165) is 5.56 Å². The molecule has 0 atom stereocenters. The van der Waals surface area contributed by atoms with Gasteiger partial charge in [-0.3, -0.25) is 9.59 Å². The number of nitrogens with zero attached hydrogens (tertiary/aromatic N) is 1. The number of amides is 2. The van der Waals surface area contributed by atoms with Crippen molar-refractivity contribution in [3.63, 3.8) is 0 Å². The van der Waals surface area contributed by atoms with Crippen LogP contribution < -0.4 is 10.6 Å². The van der Waals surface area contributed by atoms with Crippen LogP contribution in [0.5, 0.6) is 0 Å². The predicted molar refractivity (Wildman–Crippen MR) is 81.8 cm³/mol. The molecule has 5 nitrogen and oxygen atoms in total. The molecule has 0 aliphatic heterocycles. The molecular weight excluding hydrogens is 290 g/mol. The third-order valence-corrected chi connectivity index (χ3v) is 3.12. The first-order valence-electron chi connectivity index (χ1n) is 6.28. The van der Waals surface area contributed by atoms with E-state index in [1.165, 1.54) is 0 Å². The lowest BCUT2D eigenvalue weighted by atomic mass is 10.1. The largest absolute Gasteiger partial charge is 0.355 e. The number of rotatable bonds is 3. The first-order valence-corrected chi connectivity index (χ1v) is 6.65. The minimum Gasteiger partial charge on any atom is -0.355 e. The average molecular weight is 304 g/mol. The Morgan fingerprint density at radius 3 is 2.52 bits per heavy atom. The molecule has 0 aliphatic carbocycles. The van der Waals surface area contributed by atoms with Gasteiger partial charge in [0.15, 0.2) is 0 Å². The van der Waals surface area contributed by atoms with Crippen LogP contribution in [0, 0.1) is 6.92 Å². The molecule has 1 aromatic heterocycles. The van der Waals surface area contributed by atoms with Crippen LogP contribution in [0.4, 0.5) is 5.69 Å². The van der Waals surface area contributed by atoms with E-state index in [4.69, 9.17) is 11.6 Å². The molecule has 0 radical (unpaired) electrons. The van der Waals surface area contributed by atoms with Crippen molar-refractivity contribution in [2.45, 2.75) is 6.92 Å². The molecule has 0 saturated carbocycles. The maximum absolute atomic E-state index is 12.1. The summed E-state index contributed by atoms with van der Waals surface area (Å²) in [7, 11) is 1.57. The summed E-state index contributed by atoms with van der Waals surface area (Å²) in [6.07, 6.45) is 0. The molecule has 1 aromatic carbocycles. The summed E-state index contributed by atoms with van der Waals surface area (Å²) in [5.41, 5.74) is 2.17. The fraction of sp³-hybridized carbons (Fsp3) is 0.133. The van der Waals surface area contributed by atoms with Crippen molar-refractivity contribution in [1.82, 2.24) is 10.3 Å². The van der Waals surface area contributed by atoms with Crippen molar-refractivity contribution in [3.05, 3.63) is 58.4 Å². The number of aromatic nitrogens is 1. The number of pyridine rings is 1.